The summed E-state index contributed by atoms with van der Waals surface area (Å²) in [5.41, 5.74) is 2.48. The number of carbonyl (C=O) groups is 2. The normalized spacial score (nSPS) is 19.9. The molecule has 1 fully saturated rings. The quantitative estimate of drug-likeness (QED) is 0.388. The Morgan fingerprint density at radius 3 is 2.61 bits per heavy atom. The van der Waals surface area contributed by atoms with Crippen molar-refractivity contribution in [3.05, 3.63) is 58.8 Å². The van der Waals surface area contributed by atoms with Gasteiger partial charge in [-0.15, -0.1) is 0 Å². The number of thioether (sulfide) groups is 1. The number of ether oxygens (including phenoxy) is 3. The summed E-state index contributed by atoms with van der Waals surface area (Å²) >= 11 is 1.45. The Kier molecular flexibility index (Phi) is 8.05. The van der Waals surface area contributed by atoms with E-state index < -0.39 is 12.0 Å². The number of nitrogens with zero attached hydrogens (tertiary/aromatic N) is 4. The van der Waals surface area contributed by atoms with Gasteiger partial charge in [-0.05, 0) is 31.5 Å². The maximum absolute atomic E-state index is 13.3. The van der Waals surface area contributed by atoms with E-state index >= 15 is 0 Å². The van der Waals surface area contributed by atoms with Crippen molar-refractivity contribution in [2.45, 2.75) is 19.4 Å². The second kappa shape index (κ2) is 11.2. The molecule has 0 N–H and O–H groups in total. The number of benzene rings is 1. The molecule has 0 aromatic heterocycles. The molecule has 0 bridgehead atoms. The number of carbonyl (C=O) groups excluding carboxylic acids is 2. The Morgan fingerprint density at radius 2 is 1.94 bits per heavy atom. The molecule has 3 aliphatic rings. The number of fused-ring (bicyclic) bond motifs is 1. The van der Waals surface area contributed by atoms with Crippen molar-refractivity contribution in [3.63, 3.8) is 0 Å². The van der Waals surface area contributed by atoms with Gasteiger partial charge in [-0.2, -0.15) is 0 Å². The first-order chi connectivity index (χ1) is 17.4. The molecule has 10 heteroatoms. The third kappa shape index (κ3) is 5.15. The Bertz CT molecular complexity index is 1140. The highest BCUT2D eigenvalue weighted by atomic mass is 32.2. The van der Waals surface area contributed by atoms with Gasteiger partial charge in [0.15, 0.2) is 5.17 Å². The molecule has 3 aliphatic heterocycles. The number of piperazine rings is 1. The zero-order chi connectivity index (χ0) is 25.8. The van der Waals surface area contributed by atoms with Crippen LogP contribution in [-0.2, 0) is 14.3 Å². The van der Waals surface area contributed by atoms with Gasteiger partial charge < -0.3 is 28.9 Å². The molecule has 1 amide bonds. The highest BCUT2D eigenvalue weighted by Gasteiger charge is 2.42. The average molecular weight is 513 g/mol. The van der Waals surface area contributed by atoms with E-state index in [9.17, 15) is 9.59 Å². The smallest absolute Gasteiger partial charge is 0.338 e. The van der Waals surface area contributed by atoms with Crippen LogP contribution in [0.4, 0.5) is 0 Å². The molecule has 192 valence electrons. The fourth-order valence-corrected chi connectivity index (χ4v) is 5.47. The fraction of sp³-hybridized carbons (Fsp3) is 0.423. The highest BCUT2D eigenvalue weighted by molar-refractivity contribution is 8.16. The average Bonchev–Trinajstić information content (AvgIpc) is 3.28. The minimum Gasteiger partial charge on any atom is -0.497 e. The van der Waals surface area contributed by atoms with Crippen molar-refractivity contribution in [2.24, 2.45) is 4.99 Å². The van der Waals surface area contributed by atoms with Crippen molar-refractivity contribution in [1.29, 1.82) is 0 Å². The van der Waals surface area contributed by atoms with Gasteiger partial charge in [0.2, 0.25) is 5.91 Å². The van der Waals surface area contributed by atoms with Crippen molar-refractivity contribution in [1.82, 2.24) is 14.7 Å². The van der Waals surface area contributed by atoms with E-state index in [-0.39, 0.29) is 18.9 Å². The molecule has 0 unspecified atom stereocenters. The van der Waals surface area contributed by atoms with E-state index in [2.05, 4.69) is 18.5 Å². The summed E-state index contributed by atoms with van der Waals surface area (Å²) < 4.78 is 16.6. The molecular formula is C26H32N4O5S. The number of aliphatic imine (C=N–C) groups is 1. The van der Waals surface area contributed by atoms with Crippen LogP contribution in [0.2, 0.25) is 0 Å². The standard InChI is InChI=1S/C26H32N4O5S/c1-6-13-35-25(32)23-17(2)27-26-30(24(23)20-8-7-19(33-4)15-21(20)34-5)18(16-36-26)14-22(31)29-11-9-28(3)10-12-29/h6-8,15-16,24H,1,9-14H2,2-5H3/t24-/m0/s1. The summed E-state index contributed by atoms with van der Waals surface area (Å²) in [4.78, 5) is 37.3. The lowest BCUT2D eigenvalue weighted by Gasteiger charge is -2.37. The molecule has 3 heterocycles. The number of amidine groups is 1. The fourth-order valence-electron chi connectivity index (χ4n) is 4.50. The van der Waals surface area contributed by atoms with Gasteiger partial charge in [-0.25, -0.2) is 9.79 Å². The van der Waals surface area contributed by atoms with E-state index in [4.69, 9.17) is 19.2 Å². The first-order valence-corrected chi connectivity index (χ1v) is 12.7. The molecule has 1 atom stereocenters. The Hall–Kier alpha value is -3.24. The van der Waals surface area contributed by atoms with Crippen LogP contribution in [0.1, 0.15) is 24.9 Å². The van der Waals surface area contributed by atoms with Crippen LogP contribution in [-0.4, -0.2) is 85.8 Å². The molecule has 0 saturated carbocycles. The van der Waals surface area contributed by atoms with Crippen LogP contribution in [0.15, 0.2) is 58.2 Å². The number of allylic oxidation sites excluding steroid dienone is 1. The first kappa shape index (κ1) is 25.8. The zero-order valence-electron chi connectivity index (χ0n) is 21.2. The zero-order valence-corrected chi connectivity index (χ0v) is 22.0. The number of likely N-dealkylation sites (N-methyl/N-ethyl adjacent to an activating group) is 1. The maximum atomic E-state index is 13.3. The summed E-state index contributed by atoms with van der Waals surface area (Å²) in [6.07, 6.45) is 1.73. The van der Waals surface area contributed by atoms with Gasteiger partial charge in [0, 0.05) is 43.5 Å². The Balaban J connectivity index is 1.72. The topological polar surface area (TPSA) is 83.9 Å². The molecule has 0 aliphatic carbocycles. The van der Waals surface area contributed by atoms with Gasteiger partial charge in [-0.3, -0.25) is 4.79 Å². The molecule has 36 heavy (non-hydrogen) atoms. The number of hydrogen-bond donors (Lipinski definition) is 0. The number of hydrogen-bond acceptors (Lipinski definition) is 9. The van der Waals surface area contributed by atoms with Crippen molar-refractivity contribution < 1.29 is 23.8 Å². The van der Waals surface area contributed by atoms with Crippen LogP contribution in [0.3, 0.4) is 0 Å². The van der Waals surface area contributed by atoms with Gasteiger partial charge in [0.1, 0.15) is 18.1 Å². The van der Waals surface area contributed by atoms with Gasteiger partial charge in [-0.1, -0.05) is 24.4 Å². The van der Waals surface area contributed by atoms with Crippen LogP contribution in [0, 0.1) is 0 Å². The summed E-state index contributed by atoms with van der Waals surface area (Å²) in [6, 6.07) is 4.90. The van der Waals surface area contributed by atoms with Crippen LogP contribution < -0.4 is 9.47 Å². The van der Waals surface area contributed by atoms with Gasteiger partial charge in [0.25, 0.3) is 0 Å². The second-order valence-corrected chi connectivity index (χ2v) is 9.59. The minimum atomic E-state index is -0.586. The number of methoxy groups -OCH3 is 2. The van der Waals surface area contributed by atoms with E-state index in [1.165, 1.54) is 17.8 Å². The monoisotopic (exact) mass is 512 g/mol. The van der Waals surface area contributed by atoms with Crippen molar-refractivity contribution in [3.8, 4) is 11.5 Å². The second-order valence-electron chi connectivity index (χ2n) is 8.75. The third-order valence-electron chi connectivity index (χ3n) is 6.48. The first-order valence-electron chi connectivity index (χ1n) is 11.8. The molecule has 1 saturated heterocycles. The van der Waals surface area contributed by atoms with Crippen LogP contribution in [0.5, 0.6) is 11.5 Å². The molecule has 9 nitrogen and oxygen atoms in total. The lowest BCUT2D eigenvalue weighted by Crippen LogP contribution is -2.47. The third-order valence-corrected chi connectivity index (χ3v) is 7.37. The number of rotatable bonds is 8. The van der Waals surface area contributed by atoms with Gasteiger partial charge in [0.05, 0.1) is 38.0 Å². The molecule has 4 rings (SSSR count). The molecule has 1 aromatic carbocycles. The molecule has 1 aromatic rings. The summed E-state index contributed by atoms with van der Waals surface area (Å²) in [5.74, 6) is 0.760. The highest BCUT2D eigenvalue weighted by Crippen LogP contribution is 2.47. The Morgan fingerprint density at radius 1 is 1.19 bits per heavy atom. The summed E-state index contributed by atoms with van der Waals surface area (Å²) in [5, 5.41) is 2.65. The lowest BCUT2D eigenvalue weighted by atomic mass is 9.93. The van der Waals surface area contributed by atoms with Crippen LogP contribution >= 0.6 is 11.8 Å². The predicted molar refractivity (Wildman–Crippen MR) is 140 cm³/mol. The Labute approximate surface area is 216 Å². The molecule has 0 spiro atoms. The van der Waals surface area contributed by atoms with Crippen molar-refractivity contribution >= 4 is 28.8 Å². The van der Waals surface area contributed by atoms with E-state index in [0.717, 1.165) is 24.4 Å². The van der Waals surface area contributed by atoms with E-state index in [1.807, 2.05) is 27.3 Å². The van der Waals surface area contributed by atoms with E-state index in [1.54, 1.807) is 27.2 Å². The number of amides is 1. The van der Waals surface area contributed by atoms with E-state index in [0.29, 0.717) is 41.0 Å². The maximum Gasteiger partial charge on any atom is 0.338 e. The summed E-state index contributed by atoms with van der Waals surface area (Å²) in [7, 11) is 5.22. The minimum absolute atomic E-state index is 0.0544. The largest absolute Gasteiger partial charge is 0.497 e. The number of esters is 1. The lowest BCUT2D eigenvalue weighted by molar-refractivity contribution is -0.138. The van der Waals surface area contributed by atoms with Crippen LogP contribution in [0.25, 0.3) is 0 Å². The predicted octanol–water partition coefficient (Wildman–Crippen LogP) is 3.17. The van der Waals surface area contributed by atoms with Gasteiger partial charge >= 0.3 is 5.97 Å². The summed E-state index contributed by atoms with van der Waals surface area (Å²) in [6.45, 7) is 8.62. The SMILES string of the molecule is C=CCOC(=O)C1=C(C)N=C2SC=C(CC(=O)N3CCN(C)CC3)N2[C@H]1c1ccc(OC)cc1OC. The molecular weight excluding hydrogens is 480 g/mol. The van der Waals surface area contributed by atoms with Crippen molar-refractivity contribution in [2.75, 3.05) is 54.1 Å². The molecule has 0 radical (unpaired) electrons.